The van der Waals surface area contributed by atoms with E-state index in [4.69, 9.17) is 15.0 Å². The second kappa shape index (κ2) is 11.9. The molecule has 4 aliphatic heterocycles. The van der Waals surface area contributed by atoms with Gasteiger partial charge in [-0.2, -0.15) is 0 Å². The number of rotatable bonds is 5. The number of nitrogens with zero attached hydrogens (tertiary/aromatic N) is 6. The second-order valence-corrected chi connectivity index (χ2v) is 12.1. The molecule has 0 atom stereocenters. The van der Waals surface area contributed by atoms with Gasteiger partial charge in [0.2, 0.25) is 0 Å². The summed E-state index contributed by atoms with van der Waals surface area (Å²) in [6.45, 7) is 0.204. The van der Waals surface area contributed by atoms with Crippen LogP contribution in [0.3, 0.4) is 0 Å². The Labute approximate surface area is 281 Å². The van der Waals surface area contributed by atoms with Crippen LogP contribution in [0.1, 0.15) is 11.1 Å². The first-order valence-electron chi connectivity index (χ1n) is 16.3. The Kier molecular flexibility index (Phi) is 7.01. The van der Waals surface area contributed by atoms with Crippen molar-refractivity contribution < 1.29 is 0 Å². The van der Waals surface area contributed by atoms with Gasteiger partial charge >= 0.3 is 20.9 Å². The van der Waals surface area contributed by atoms with Crippen molar-refractivity contribution in [3.05, 3.63) is 187 Å². The molecule has 1 saturated heterocycles. The van der Waals surface area contributed by atoms with Crippen LogP contribution in [0.15, 0.2) is 176 Å². The van der Waals surface area contributed by atoms with Crippen LogP contribution >= 0.6 is 0 Å². The third-order valence-electron chi connectivity index (χ3n) is 9.26. The van der Waals surface area contributed by atoms with E-state index in [9.17, 15) is 0 Å². The Bertz CT molecular complexity index is 2100. The Morgan fingerprint density at radius 2 is 0.958 bits per heavy atom. The topological polar surface area (TPSA) is 48.4 Å². The summed E-state index contributed by atoms with van der Waals surface area (Å²) >= 11 is 0. The summed E-state index contributed by atoms with van der Waals surface area (Å²) < 4.78 is 7.37. The summed E-state index contributed by atoms with van der Waals surface area (Å²) in [6, 6.07) is 39.5. The number of fused-ring (bicyclic) bond motifs is 6. The molecular formula is C39H29B3N6. The van der Waals surface area contributed by atoms with E-state index in [1.807, 2.05) is 60.7 Å². The van der Waals surface area contributed by atoms with Gasteiger partial charge in [0, 0.05) is 22.4 Å². The maximum absolute atomic E-state index is 4.94. The van der Waals surface area contributed by atoms with Gasteiger partial charge in [0.05, 0.1) is 0 Å². The predicted molar refractivity (Wildman–Crippen MR) is 198 cm³/mol. The van der Waals surface area contributed by atoms with E-state index in [0.717, 1.165) is 28.0 Å². The Morgan fingerprint density at radius 3 is 1.58 bits per heavy atom. The van der Waals surface area contributed by atoms with Gasteiger partial charge in [-0.15, -0.1) is 0 Å². The molecule has 1 fully saturated rings. The molecule has 9 heteroatoms. The molecule has 4 aliphatic rings. The summed E-state index contributed by atoms with van der Waals surface area (Å²) in [5, 5.41) is 0. The lowest BCUT2D eigenvalue weighted by Gasteiger charge is -2.55. The first-order valence-corrected chi connectivity index (χ1v) is 16.3. The molecule has 5 aromatic rings. The molecule has 0 radical (unpaired) electrons. The largest absolute Gasteiger partial charge is 0.423 e. The third kappa shape index (κ3) is 5.01. The monoisotopic (exact) mass is 614 g/mol. The molecule has 0 aliphatic carbocycles. The van der Waals surface area contributed by atoms with Crippen LogP contribution in [0.25, 0.3) is 45.4 Å². The van der Waals surface area contributed by atoms with Gasteiger partial charge in [0.25, 0.3) is 0 Å². The molecule has 5 heterocycles. The number of hydrogen-bond donors (Lipinski definition) is 0. The van der Waals surface area contributed by atoms with Gasteiger partial charge < -0.3 is 14.2 Å². The summed E-state index contributed by atoms with van der Waals surface area (Å²) in [7, 11) is 0. The van der Waals surface area contributed by atoms with Crippen molar-refractivity contribution in [2.75, 3.05) is 0 Å². The number of hydrogen-bond acceptors (Lipinski definition) is 6. The summed E-state index contributed by atoms with van der Waals surface area (Å²) in [5.74, 6) is 8.93. The molecule has 0 saturated carbocycles. The lowest BCUT2D eigenvalue weighted by atomic mass is 9.41. The van der Waals surface area contributed by atoms with Gasteiger partial charge in [-0.05, 0) is 47.3 Å². The molecule has 0 amide bonds. The molecule has 6 nitrogen and oxygen atoms in total. The third-order valence-corrected chi connectivity index (χ3v) is 9.26. The van der Waals surface area contributed by atoms with Crippen molar-refractivity contribution in [1.29, 1.82) is 0 Å². The standard InChI is InChI=1S/C39H29B3N6/c1-4-13-30(14-5-1)35-24-28-47-40-25-10-11-27-46(40)41-26-12-19-36(48(41)42(47)29-35)31-20-22-34(23-21-31)39-44-37(32-15-6-2-7-16-32)43-38(45-39)33-17-8-3-9-18-33/h1-29H. The van der Waals surface area contributed by atoms with Crippen LogP contribution in [-0.2, 0) is 0 Å². The smallest absolute Gasteiger partial charge is 0.381 e. The average molecular weight is 614 g/mol. The summed E-state index contributed by atoms with van der Waals surface area (Å²) in [5.41, 5.74) is 7.59. The predicted octanol–water partition coefficient (Wildman–Crippen LogP) is 7.48. The highest BCUT2D eigenvalue weighted by atomic mass is 15.3. The lowest BCUT2D eigenvalue weighted by Crippen LogP contribution is -2.74. The first kappa shape index (κ1) is 28.2. The van der Waals surface area contributed by atoms with E-state index in [1.165, 1.54) is 11.1 Å². The van der Waals surface area contributed by atoms with E-state index in [2.05, 4.69) is 129 Å². The van der Waals surface area contributed by atoms with Gasteiger partial charge in [-0.25, -0.2) is 15.0 Å². The molecule has 48 heavy (non-hydrogen) atoms. The molecule has 224 valence electrons. The van der Waals surface area contributed by atoms with Gasteiger partial charge in [-0.1, -0.05) is 145 Å². The molecule has 1 aromatic heterocycles. The fourth-order valence-corrected chi connectivity index (χ4v) is 6.93. The van der Waals surface area contributed by atoms with E-state index >= 15 is 0 Å². The van der Waals surface area contributed by atoms with Crippen LogP contribution in [0.2, 0.25) is 0 Å². The minimum atomic E-state index is 0.0221. The highest BCUT2D eigenvalue weighted by Crippen LogP contribution is 2.37. The van der Waals surface area contributed by atoms with E-state index in [-0.39, 0.29) is 20.9 Å². The van der Waals surface area contributed by atoms with Crippen LogP contribution in [0, 0.1) is 0 Å². The van der Waals surface area contributed by atoms with Crippen LogP contribution in [0.4, 0.5) is 0 Å². The zero-order chi connectivity index (χ0) is 31.9. The average Bonchev–Trinajstić information content (AvgIpc) is 3.18. The zero-order valence-electron chi connectivity index (χ0n) is 26.2. The number of benzene rings is 4. The number of aromatic nitrogens is 3. The minimum Gasteiger partial charge on any atom is -0.423 e. The SMILES string of the molecule is C1=CB2N(C=C1)B1C=CC=C(c3ccc(-c4nc(-c5ccccc5)nc(-c5ccccc5)n4)cc3)N1B1C=C(c3ccccc3)C=CN21. The van der Waals surface area contributed by atoms with E-state index < -0.39 is 0 Å². The maximum atomic E-state index is 4.94. The van der Waals surface area contributed by atoms with E-state index in [1.54, 1.807) is 0 Å². The summed E-state index contributed by atoms with van der Waals surface area (Å²) in [4.78, 5) is 14.7. The lowest BCUT2D eigenvalue weighted by molar-refractivity contribution is 0.633. The number of allylic oxidation sites excluding steroid dienone is 6. The maximum Gasteiger partial charge on any atom is 0.381 e. The van der Waals surface area contributed by atoms with Crippen molar-refractivity contribution >= 4 is 32.2 Å². The van der Waals surface area contributed by atoms with Crippen LogP contribution < -0.4 is 0 Å². The summed E-state index contributed by atoms with van der Waals surface area (Å²) in [6.07, 6.45) is 15.4. The molecular weight excluding hydrogens is 585 g/mol. The van der Waals surface area contributed by atoms with Crippen LogP contribution in [0.5, 0.6) is 0 Å². The fraction of sp³-hybridized carbons (Fsp3) is 0. The van der Waals surface area contributed by atoms with E-state index in [0.29, 0.717) is 17.5 Å². The van der Waals surface area contributed by atoms with Gasteiger partial charge in [-0.3, -0.25) is 0 Å². The minimum absolute atomic E-state index is 0.0221. The quantitative estimate of drug-likeness (QED) is 0.192. The van der Waals surface area contributed by atoms with Crippen molar-refractivity contribution in [1.82, 2.24) is 29.1 Å². The van der Waals surface area contributed by atoms with Crippen LogP contribution in [-0.4, -0.2) is 50.1 Å². The Morgan fingerprint density at radius 1 is 0.438 bits per heavy atom. The highest BCUT2D eigenvalue weighted by molar-refractivity contribution is 6.93. The normalized spacial score (nSPS) is 16.0. The fourth-order valence-electron chi connectivity index (χ4n) is 6.93. The van der Waals surface area contributed by atoms with Gasteiger partial charge in [0.1, 0.15) is 0 Å². The first-order chi connectivity index (χ1) is 23.8. The molecule has 0 unspecified atom stereocenters. The molecule has 0 spiro atoms. The second-order valence-electron chi connectivity index (χ2n) is 12.1. The zero-order valence-corrected chi connectivity index (χ0v) is 26.2. The van der Waals surface area contributed by atoms with Crippen molar-refractivity contribution in [2.24, 2.45) is 0 Å². The Balaban J connectivity index is 1.10. The van der Waals surface area contributed by atoms with Gasteiger partial charge in [0.15, 0.2) is 17.5 Å². The van der Waals surface area contributed by atoms with Crippen molar-refractivity contribution in [2.45, 2.75) is 0 Å². The highest BCUT2D eigenvalue weighted by Gasteiger charge is 2.51. The molecule has 0 bridgehead atoms. The Hall–Kier alpha value is -6.08. The molecule has 0 N–H and O–H groups in total. The van der Waals surface area contributed by atoms with Crippen molar-refractivity contribution in [3.63, 3.8) is 0 Å². The van der Waals surface area contributed by atoms with Crippen molar-refractivity contribution in [3.8, 4) is 34.2 Å². The molecule has 4 aromatic carbocycles. The molecule has 9 rings (SSSR count).